The minimum atomic E-state index is -0.342. The van der Waals surface area contributed by atoms with Crippen molar-refractivity contribution in [2.75, 3.05) is 126 Å². The molecule has 1 heterocycles. The first-order valence-electron chi connectivity index (χ1n) is 12.1. The molecule has 13 nitrogen and oxygen atoms in total. The Hall–Kier alpha value is -2.42. The lowest BCUT2D eigenvalue weighted by Crippen LogP contribution is -2.40. The second-order valence-electron chi connectivity index (χ2n) is 7.96. The predicted molar refractivity (Wildman–Crippen MR) is 137 cm³/mol. The van der Waals surface area contributed by atoms with Gasteiger partial charge in [0.1, 0.15) is 5.69 Å². The minimum absolute atomic E-state index is 0.110. The van der Waals surface area contributed by atoms with Crippen molar-refractivity contribution in [3.8, 4) is 0 Å². The Morgan fingerprint density at radius 2 is 1.00 bits per heavy atom. The smallest absolute Gasteiger partial charge is 0.276 e. The predicted octanol–water partition coefficient (Wildman–Crippen LogP) is 0.0458. The van der Waals surface area contributed by atoms with Gasteiger partial charge >= 0.3 is 0 Å². The summed E-state index contributed by atoms with van der Waals surface area (Å²) in [6, 6.07) is 0. The van der Waals surface area contributed by atoms with Gasteiger partial charge in [-0.3, -0.25) is 9.59 Å². The number of amides is 2. The molecule has 2 amide bonds. The van der Waals surface area contributed by atoms with Crippen LogP contribution in [0.1, 0.15) is 21.0 Å². The average Bonchev–Trinajstić information content (AvgIpc) is 2.92. The lowest BCUT2D eigenvalue weighted by atomic mass is 10.2. The van der Waals surface area contributed by atoms with Gasteiger partial charge in [-0.25, -0.2) is 9.97 Å². The van der Waals surface area contributed by atoms with Crippen LogP contribution in [0.5, 0.6) is 0 Å². The number of methoxy groups -OCH3 is 6. The van der Waals surface area contributed by atoms with Crippen molar-refractivity contribution >= 4 is 17.6 Å². The van der Waals surface area contributed by atoms with Crippen LogP contribution in [0.4, 0.5) is 5.82 Å². The molecule has 0 N–H and O–H groups in total. The first kappa shape index (κ1) is 32.6. The van der Waals surface area contributed by atoms with Crippen LogP contribution in [0.25, 0.3) is 0 Å². The second kappa shape index (κ2) is 19.7. The van der Waals surface area contributed by atoms with Gasteiger partial charge in [-0.05, 0) is 0 Å². The zero-order valence-corrected chi connectivity index (χ0v) is 23.1. The Morgan fingerprint density at radius 1 is 0.622 bits per heavy atom. The van der Waals surface area contributed by atoms with Crippen LogP contribution in [-0.2, 0) is 28.4 Å². The van der Waals surface area contributed by atoms with E-state index in [0.717, 1.165) is 0 Å². The molecule has 1 aromatic heterocycles. The fraction of sp³-hybridized carbons (Fsp3) is 0.750. The lowest BCUT2D eigenvalue weighted by Gasteiger charge is -2.28. The summed E-state index contributed by atoms with van der Waals surface area (Å²) >= 11 is 0. The molecule has 1 aromatic rings. The number of hydrogen-bond acceptors (Lipinski definition) is 11. The van der Waals surface area contributed by atoms with Crippen molar-refractivity contribution in [1.29, 1.82) is 0 Å². The number of carbonyl (C=O) groups is 2. The monoisotopic (exact) mass is 529 g/mol. The molecule has 0 saturated carbocycles. The number of anilines is 1. The molecular weight excluding hydrogens is 486 g/mol. The van der Waals surface area contributed by atoms with Crippen LogP contribution in [0, 0.1) is 0 Å². The number of rotatable bonds is 21. The van der Waals surface area contributed by atoms with Crippen LogP contribution in [0.15, 0.2) is 6.20 Å². The van der Waals surface area contributed by atoms with E-state index in [4.69, 9.17) is 28.4 Å². The van der Waals surface area contributed by atoms with E-state index in [9.17, 15) is 9.59 Å². The van der Waals surface area contributed by atoms with Crippen LogP contribution in [0.3, 0.4) is 0 Å². The third-order valence-electron chi connectivity index (χ3n) is 5.44. The Morgan fingerprint density at radius 3 is 1.41 bits per heavy atom. The highest BCUT2D eigenvalue weighted by Crippen LogP contribution is 2.20. The fourth-order valence-electron chi connectivity index (χ4n) is 3.33. The summed E-state index contributed by atoms with van der Waals surface area (Å²) in [5.41, 5.74) is 0.232. The lowest BCUT2D eigenvalue weighted by molar-refractivity contribution is 0.0610. The standard InChI is InChI=1S/C24H43N5O8/c1-32-13-7-27(8-14-33-2)22-21(24(31)29(11-17-36-5)12-18-37-6)25-19-20(26-22)23(30)28(9-15-34-3)10-16-35-4/h19H,7-18H2,1-6H3. The highest BCUT2D eigenvalue weighted by atomic mass is 16.5. The molecule has 0 aliphatic heterocycles. The normalized spacial score (nSPS) is 11.0. The molecule has 0 aliphatic carbocycles. The van der Waals surface area contributed by atoms with Gasteiger partial charge in [0, 0.05) is 81.9 Å². The molecule has 0 bridgehead atoms. The van der Waals surface area contributed by atoms with Crippen LogP contribution < -0.4 is 4.90 Å². The van der Waals surface area contributed by atoms with Crippen LogP contribution in [-0.4, -0.2) is 153 Å². The van der Waals surface area contributed by atoms with Crippen molar-refractivity contribution < 1.29 is 38.0 Å². The number of carbonyl (C=O) groups excluding carboxylic acids is 2. The summed E-state index contributed by atoms with van der Waals surface area (Å²) in [6.45, 7) is 4.40. The average molecular weight is 530 g/mol. The van der Waals surface area contributed by atoms with Gasteiger partial charge in [0.25, 0.3) is 11.8 Å². The largest absolute Gasteiger partial charge is 0.383 e. The molecule has 0 aromatic carbocycles. The zero-order chi connectivity index (χ0) is 27.5. The molecule has 0 unspecified atom stereocenters. The third kappa shape index (κ3) is 11.2. The Labute approximate surface area is 219 Å². The summed E-state index contributed by atoms with van der Waals surface area (Å²) in [5, 5.41) is 0. The Balaban J connectivity index is 3.50. The van der Waals surface area contributed by atoms with E-state index < -0.39 is 0 Å². The summed E-state index contributed by atoms with van der Waals surface area (Å²) < 4.78 is 31.2. The van der Waals surface area contributed by atoms with Gasteiger partial charge in [-0.15, -0.1) is 0 Å². The van der Waals surface area contributed by atoms with Crippen molar-refractivity contribution in [2.45, 2.75) is 0 Å². The van der Waals surface area contributed by atoms with E-state index in [1.165, 1.54) is 6.20 Å². The molecule has 0 saturated heterocycles. The first-order valence-corrected chi connectivity index (χ1v) is 12.1. The number of aromatic nitrogens is 2. The molecule has 212 valence electrons. The topological polar surface area (TPSA) is 125 Å². The number of hydrogen-bond donors (Lipinski definition) is 0. The molecule has 0 aliphatic rings. The molecule has 0 atom stereocenters. The highest BCUT2D eigenvalue weighted by molar-refractivity contribution is 5.98. The fourth-order valence-corrected chi connectivity index (χ4v) is 3.33. The minimum Gasteiger partial charge on any atom is -0.383 e. The van der Waals surface area contributed by atoms with Gasteiger partial charge < -0.3 is 43.1 Å². The quantitative estimate of drug-likeness (QED) is 0.214. The van der Waals surface area contributed by atoms with Crippen LogP contribution in [0.2, 0.25) is 0 Å². The van der Waals surface area contributed by atoms with E-state index in [-0.39, 0.29) is 29.0 Å². The van der Waals surface area contributed by atoms with Gasteiger partial charge in [-0.2, -0.15) is 0 Å². The molecule has 1 rings (SSSR count). The maximum atomic E-state index is 13.6. The highest BCUT2D eigenvalue weighted by Gasteiger charge is 2.27. The zero-order valence-electron chi connectivity index (χ0n) is 23.1. The maximum absolute atomic E-state index is 13.6. The van der Waals surface area contributed by atoms with E-state index in [1.807, 2.05) is 4.90 Å². The molecule has 0 radical (unpaired) electrons. The number of nitrogens with zero attached hydrogens (tertiary/aromatic N) is 5. The third-order valence-corrected chi connectivity index (χ3v) is 5.44. The number of ether oxygens (including phenoxy) is 6. The van der Waals surface area contributed by atoms with Crippen LogP contribution >= 0.6 is 0 Å². The van der Waals surface area contributed by atoms with Gasteiger partial charge in [0.2, 0.25) is 0 Å². The molecule has 37 heavy (non-hydrogen) atoms. The van der Waals surface area contributed by atoms with Crippen molar-refractivity contribution in [1.82, 2.24) is 19.8 Å². The summed E-state index contributed by atoms with van der Waals surface area (Å²) in [4.78, 5) is 41.1. The summed E-state index contributed by atoms with van der Waals surface area (Å²) in [6.07, 6.45) is 1.33. The maximum Gasteiger partial charge on any atom is 0.276 e. The van der Waals surface area contributed by atoms with Gasteiger partial charge in [0.05, 0.1) is 45.8 Å². The van der Waals surface area contributed by atoms with Gasteiger partial charge in [0.15, 0.2) is 11.5 Å². The summed E-state index contributed by atoms with van der Waals surface area (Å²) in [5.74, 6) is -0.398. The summed E-state index contributed by atoms with van der Waals surface area (Å²) in [7, 11) is 9.46. The van der Waals surface area contributed by atoms with Gasteiger partial charge in [-0.1, -0.05) is 0 Å². The van der Waals surface area contributed by atoms with E-state index in [2.05, 4.69) is 9.97 Å². The Kier molecular flexibility index (Phi) is 17.3. The van der Waals surface area contributed by atoms with E-state index in [0.29, 0.717) is 78.9 Å². The van der Waals surface area contributed by atoms with E-state index >= 15 is 0 Å². The van der Waals surface area contributed by atoms with Crippen molar-refractivity contribution in [3.05, 3.63) is 17.6 Å². The molecular formula is C24H43N5O8. The van der Waals surface area contributed by atoms with Crippen molar-refractivity contribution in [2.24, 2.45) is 0 Å². The molecule has 13 heteroatoms. The molecule has 0 fully saturated rings. The second-order valence-corrected chi connectivity index (χ2v) is 7.96. The van der Waals surface area contributed by atoms with E-state index in [1.54, 1.807) is 52.5 Å². The first-order chi connectivity index (χ1) is 18.0. The van der Waals surface area contributed by atoms with Crippen molar-refractivity contribution in [3.63, 3.8) is 0 Å². The SMILES string of the molecule is COCCN(CCOC)C(=O)c1cnc(C(=O)N(CCOC)CCOC)c(N(CCOC)CCOC)n1. The Bertz CT molecular complexity index is 762. The molecule has 0 spiro atoms.